The van der Waals surface area contributed by atoms with E-state index in [1.54, 1.807) is 12.1 Å². The summed E-state index contributed by atoms with van der Waals surface area (Å²) in [5.41, 5.74) is 11.9. The molecule has 2 aromatic rings. The first-order valence-electron chi connectivity index (χ1n) is 6.55. The van der Waals surface area contributed by atoms with Crippen LogP contribution in [0.2, 0.25) is 0 Å². The van der Waals surface area contributed by atoms with Crippen LogP contribution in [0.15, 0.2) is 36.4 Å². The average molecular weight is 257 g/mol. The molecule has 2 rings (SSSR count). The molecule has 1 atom stereocenters. The molecule has 1 nitrogen and oxygen atoms in total. The molecule has 19 heavy (non-hydrogen) atoms. The quantitative estimate of drug-likeness (QED) is 0.884. The van der Waals surface area contributed by atoms with Gasteiger partial charge in [-0.25, -0.2) is 4.39 Å². The number of benzene rings is 2. The van der Waals surface area contributed by atoms with Crippen molar-refractivity contribution in [1.29, 1.82) is 0 Å². The van der Waals surface area contributed by atoms with Gasteiger partial charge in [-0.05, 0) is 61.6 Å². The van der Waals surface area contributed by atoms with E-state index in [2.05, 4.69) is 32.0 Å². The summed E-state index contributed by atoms with van der Waals surface area (Å²) in [5, 5.41) is 0. The minimum Gasteiger partial charge on any atom is -0.324 e. The highest BCUT2D eigenvalue weighted by molar-refractivity contribution is 5.35. The highest BCUT2D eigenvalue weighted by Crippen LogP contribution is 2.22. The lowest BCUT2D eigenvalue weighted by Crippen LogP contribution is -2.15. The van der Waals surface area contributed by atoms with Crippen molar-refractivity contribution >= 4 is 0 Å². The first-order valence-corrected chi connectivity index (χ1v) is 6.55. The lowest BCUT2D eigenvalue weighted by molar-refractivity contribution is 0.620. The van der Waals surface area contributed by atoms with Gasteiger partial charge < -0.3 is 5.73 Å². The fourth-order valence-corrected chi connectivity index (χ4v) is 2.45. The van der Waals surface area contributed by atoms with Gasteiger partial charge in [0.2, 0.25) is 0 Å². The number of halogens is 1. The third-order valence-electron chi connectivity index (χ3n) is 3.58. The third-order valence-corrected chi connectivity index (χ3v) is 3.58. The van der Waals surface area contributed by atoms with E-state index in [9.17, 15) is 4.39 Å². The lowest BCUT2D eigenvalue weighted by Gasteiger charge is -2.16. The van der Waals surface area contributed by atoms with E-state index in [1.807, 2.05) is 6.92 Å². The second-order valence-corrected chi connectivity index (χ2v) is 5.24. The van der Waals surface area contributed by atoms with Gasteiger partial charge in [-0.1, -0.05) is 29.8 Å². The Morgan fingerprint density at radius 1 is 1.00 bits per heavy atom. The topological polar surface area (TPSA) is 26.0 Å². The molecular weight excluding hydrogens is 237 g/mol. The number of hydrogen-bond acceptors (Lipinski definition) is 1. The van der Waals surface area contributed by atoms with Crippen molar-refractivity contribution in [2.24, 2.45) is 5.73 Å². The maximum Gasteiger partial charge on any atom is 0.123 e. The highest BCUT2D eigenvalue weighted by atomic mass is 19.1. The average Bonchev–Trinajstić information content (AvgIpc) is 2.33. The molecule has 0 aliphatic rings. The number of hydrogen-bond donors (Lipinski definition) is 1. The standard InChI is InChI=1S/C17H20FN/c1-11-4-7-16(13(3)8-11)17(19)10-14-9-15(18)6-5-12(14)2/h4-9,17H,10,19H2,1-3H3. The maximum atomic E-state index is 13.3. The molecule has 0 aliphatic heterocycles. The molecule has 0 spiro atoms. The van der Waals surface area contributed by atoms with Crippen LogP contribution in [0.25, 0.3) is 0 Å². The lowest BCUT2D eigenvalue weighted by atomic mass is 9.93. The Morgan fingerprint density at radius 2 is 1.74 bits per heavy atom. The molecule has 1 unspecified atom stereocenters. The molecule has 0 saturated heterocycles. The van der Waals surface area contributed by atoms with Gasteiger partial charge in [0.25, 0.3) is 0 Å². The molecular formula is C17H20FN. The van der Waals surface area contributed by atoms with Gasteiger partial charge in [-0.3, -0.25) is 0 Å². The van der Waals surface area contributed by atoms with Crippen LogP contribution < -0.4 is 5.73 Å². The summed E-state index contributed by atoms with van der Waals surface area (Å²) in [6.45, 7) is 6.13. The summed E-state index contributed by atoms with van der Waals surface area (Å²) in [5.74, 6) is -0.201. The van der Waals surface area contributed by atoms with Gasteiger partial charge in [-0.2, -0.15) is 0 Å². The van der Waals surface area contributed by atoms with Gasteiger partial charge in [0.1, 0.15) is 5.82 Å². The molecule has 0 heterocycles. The van der Waals surface area contributed by atoms with Crippen LogP contribution >= 0.6 is 0 Å². The van der Waals surface area contributed by atoms with E-state index in [0.717, 1.165) is 16.7 Å². The van der Waals surface area contributed by atoms with E-state index in [-0.39, 0.29) is 11.9 Å². The summed E-state index contributed by atoms with van der Waals surface area (Å²) in [6.07, 6.45) is 0.660. The first-order chi connectivity index (χ1) is 8.97. The molecule has 0 aliphatic carbocycles. The monoisotopic (exact) mass is 257 g/mol. The second kappa shape index (κ2) is 5.54. The summed E-state index contributed by atoms with van der Waals surface area (Å²) < 4.78 is 13.3. The number of rotatable bonds is 3. The zero-order chi connectivity index (χ0) is 14.0. The van der Waals surface area contributed by atoms with E-state index in [4.69, 9.17) is 5.73 Å². The van der Waals surface area contributed by atoms with Gasteiger partial charge in [0, 0.05) is 6.04 Å². The van der Waals surface area contributed by atoms with Crippen molar-refractivity contribution in [3.05, 3.63) is 70.0 Å². The predicted molar refractivity (Wildman–Crippen MR) is 77.7 cm³/mol. The summed E-state index contributed by atoms with van der Waals surface area (Å²) >= 11 is 0. The van der Waals surface area contributed by atoms with Crippen molar-refractivity contribution in [1.82, 2.24) is 0 Å². The van der Waals surface area contributed by atoms with Crippen LogP contribution in [0.3, 0.4) is 0 Å². The first kappa shape index (κ1) is 13.8. The zero-order valence-corrected chi connectivity index (χ0v) is 11.7. The summed E-state index contributed by atoms with van der Waals surface area (Å²) in [6, 6.07) is 11.1. The Labute approximate surface area is 114 Å². The minimum atomic E-state index is -0.201. The van der Waals surface area contributed by atoms with E-state index in [0.29, 0.717) is 6.42 Å². The Hall–Kier alpha value is -1.67. The van der Waals surface area contributed by atoms with E-state index < -0.39 is 0 Å². The third kappa shape index (κ3) is 3.21. The van der Waals surface area contributed by atoms with E-state index >= 15 is 0 Å². The van der Waals surface area contributed by atoms with E-state index in [1.165, 1.54) is 17.2 Å². The molecule has 100 valence electrons. The summed E-state index contributed by atoms with van der Waals surface area (Å²) in [7, 11) is 0. The molecule has 2 N–H and O–H groups in total. The fourth-order valence-electron chi connectivity index (χ4n) is 2.45. The van der Waals surface area contributed by atoms with Crippen molar-refractivity contribution in [3.8, 4) is 0 Å². The van der Waals surface area contributed by atoms with Gasteiger partial charge >= 0.3 is 0 Å². The van der Waals surface area contributed by atoms with Gasteiger partial charge in [0.05, 0.1) is 0 Å². The normalized spacial score (nSPS) is 12.5. The highest BCUT2D eigenvalue weighted by Gasteiger charge is 2.11. The Bertz CT molecular complexity index is 590. The van der Waals surface area contributed by atoms with Crippen LogP contribution in [0.1, 0.15) is 33.9 Å². The summed E-state index contributed by atoms with van der Waals surface area (Å²) in [4.78, 5) is 0. The zero-order valence-electron chi connectivity index (χ0n) is 11.7. The van der Waals surface area contributed by atoms with Gasteiger partial charge in [-0.15, -0.1) is 0 Å². The Balaban J connectivity index is 2.25. The second-order valence-electron chi connectivity index (χ2n) is 5.24. The maximum absolute atomic E-state index is 13.3. The molecule has 2 heteroatoms. The van der Waals surface area contributed by atoms with Crippen LogP contribution in [0.4, 0.5) is 4.39 Å². The Kier molecular flexibility index (Phi) is 4.01. The van der Waals surface area contributed by atoms with Crippen molar-refractivity contribution in [2.75, 3.05) is 0 Å². The predicted octanol–water partition coefficient (Wildman–Crippen LogP) is 3.99. The van der Waals surface area contributed by atoms with Gasteiger partial charge in [0.15, 0.2) is 0 Å². The Morgan fingerprint density at radius 3 is 2.42 bits per heavy atom. The fraction of sp³-hybridized carbons (Fsp3) is 0.294. The molecule has 0 radical (unpaired) electrons. The molecule has 0 aromatic heterocycles. The van der Waals surface area contributed by atoms with Crippen molar-refractivity contribution in [2.45, 2.75) is 33.2 Å². The number of aryl methyl sites for hydroxylation is 3. The molecule has 0 bridgehead atoms. The molecule has 0 saturated carbocycles. The van der Waals surface area contributed by atoms with Crippen LogP contribution in [-0.4, -0.2) is 0 Å². The molecule has 0 fully saturated rings. The molecule has 2 aromatic carbocycles. The minimum absolute atomic E-state index is 0.0962. The van der Waals surface area contributed by atoms with Crippen molar-refractivity contribution in [3.63, 3.8) is 0 Å². The SMILES string of the molecule is Cc1ccc(C(N)Cc2cc(F)ccc2C)c(C)c1. The van der Waals surface area contributed by atoms with Crippen LogP contribution in [-0.2, 0) is 6.42 Å². The van der Waals surface area contributed by atoms with Crippen LogP contribution in [0.5, 0.6) is 0 Å². The number of nitrogens with two attached hydrogens (primary N) is 1. The van der Waals surface area contributed by atoms with Crippen molar-refractivity contribution < 1.29 is 4.39 Å². The molecule has 0 amide bonds. The van der Waals surface area contributed by atoms with Crippen LogP contribution in [0, 0.1) is 26.6 Å². The largest absolute Gasteiger partial charge is 0.324 e. The smallest absolute Gasteiger partial charge is 0.123 e.